The zero-order valence-corrected chi connectivity index (χ0v) is 11.9. The lowest BCUT2D eigenvalue weighted by molar-refractivity contribution is -0.144. The van der Waals surface area contributed by atoms with Crippen molar-refractivity contribution in [3.63, 3.8) is 0 Å². The molecule has 20 heavy (non-hydrogen) atoms. The van der Waals surface area contributed by atoms with E-state index in [4.69, 9.17) is 0 Å². The fraction of sp³-hybridized carbons (Fsp3) is 0.588. The standard InChI is InChI=1S/C17H23NO2/c19-17(20)16-10-2-1-5-12-18(16)15-11-6-8-13-7-3-4-9-14(13)15/h3-4,7,9,15-16H,1-2,5-6,8,10-12H2,(H,19,20). The maximum atomic E-state index is 11.6. The molecular formula is C17H23NO2. The minimum Gasteiger partial charge on any atom is -0.480 e. The third-order valence-corrected chi connectivity index (χ3v) is 4.82. The molecule has 1 saturated heterocycles. The number of aliphatic carboxylic acids is 1. The highest BCUT2D eigenvalue weighted by molar-refractivity contribution is 5.73. The van der Waals surface area contributed by atoms with Crippen molar-refractivity contribution in [3.8, 4) is 0 Å². The van der Waals surface area contributed by atoms with Crippen molar-refractivity contribution in [1.82, 2.24) is 4.90 Å². The van der Waals surface area contributed by atoms with Crippen LogP contribution in [0.1, 0.15) is 55.7 Å². The van der Waals surface area contributed by atoms with Gasteiger partial charge >= 0.3 is 5.97 Å². The number of likely N-dealkylation sites (tertiary alicyclic amines) is 1. The van der Waals surface area contributed by atoms with Crippen LogP contribution in [0.4, 0.5) is 0 Å². The third-order valence-electron chi connectivity index (χ3n) is 4.82. The van der Waals surface area contributed by atoms with E-state index in [1.165, 1.54) is 17.5 Å². The number of hydrogen-bond acceptors (Lipinski definition) is 2. The number of carboxylic acids is 1. The molecule has 1 heterocycles. The van der Waals surface area contributed by atoms with Crippen molar-refractivity contribution in [2.45, 2.75) is 57.0 Å². The van der Waals surface area contributed by atoms with Gasteiger partial charge in [0.1, 0.15) is 6.04 Å². The van der Waals surface area contributed by atoms with Gasteiger partial charge in [-0.3, -0.25) is 9.69 Å². The number of aryl methyl sites for hydroxylation is 1. The average molecular weight is 273 g/mol. The fourth-order valence-corrected chi connectivity index (χ4v) is 3.84. The van der Waals surface area contributed by atoms with Gasteiger partial charge in [-0.25, -0.2) is 0 Å². The molecule has 1 fully saturated rings. The normalized spacial score (nSPS) is 27.6. The number of fused-ring (bicyclic) bond motifs is 1. The smallest absolute Gasteiger partial charge is 0.320 e. The Morgan fingerprint density at radius 2 is 1.95 bits per heavy atom. The Labute approximate surface area is 120 Å². The molecule has 1 aromatic rings. The predicted molar refractivity (Wildman–Crippen MR) is 78.7 cm³/mol. The Hall–Kier alpha value is -1.35. The Bertz CT molecular complexity index is 486. The van der Waals surface area contributed by atoms with Crippen molar-refractivity contribution in [1.29, 1.82) is 0 Å². The fourth-order valence-electron chi connectivity index (χ4n) is 3.84. The molecule has 2 unspecified atom stereocenters. The second-order valence-electron chi connectivity index (χ2n) is 6.05. The van der Waals surface area contributed by atoms with Crippen LogP contribution < -0.4 is 0 Å². The van der Waals surface area contributed by atoms with Gasteiger partial charge in [0.2, 0.25) is 0 Å². The summed E-state index contributed by atoms with van der Waals surface area (Å²) < 4.78 is 0. The highest BCUT2D eigenvalue weighted by Gasteiger charge is 2.34. The van der Waals surface area contributed by atoms with Crippen LogP contribution in [-0.4, -0.2) is 28.6 Å². The van der Waals surface area contributed by atoms with Gasteiger partial charge in [-0.05, 0) is 49.8 Å². The van der Waals surface area contributed by atoms with E-state index < -0.39 is 5.97 Å². The number of benzene rings is 1. The zero-order valence-electron chi connectivity index (χ0n) is 11.9. The maximum Gasteiger partial charge on any atom is 0.320 e. The van der Waals surface area contributed by atoms with Gasteiger partial charge in [-0.2, -0.15) is 0 Å². The molecule has 1 aromatic carbocycles. The minimum absolute atomic E-state index is 0.298. The summed E-state index contributed by atoms with van der Waals surface area (Å²) in [4.78, 5) is 13.9. The molecule has 0 aromatic heterocycles. The van der Waals surface area contributed by atoms with Crippen LogP contribution >= 0.6 is 0 Å². The molecule has 0 amide bonds. The van der Waals surface area contributed by atoms with E-state index in [2.05, 4.69) is 29.2 Å². The highest BCUT2D eigenvalue weighted by atomic mass is 16.4. The summed E-state index contributed by atoms with van der Waals surface area (Å²) in [7, 11) is 0. The van der Waals surface area contributed by atoms with Gasteiger partial charge in [0, 0.05) is 6.04 Å². The summed E-state index contributed by atoms with van der Waals surface area (Å²) in [5.41, 5.74) is 2.78. The minimum atomic E-state index is -0.644. The van der Waals surface area contributed by atoms with E-state index in [9.17, 15) is 9.90 Å². The van der Waals surface area contributed by atoms with Gasteiger partial charge in [0.05, 0.1) is 0 Å². The van der Waals surface area contributed by atoms with Gasteiger partial charge in [-0.1, -0.05) is 37.1 Å². The lowest BCUT2D eigenvalue weighted by atomic mass is 9.86. The van der Waals surface area contributed by atoms with Crippen molar-refractivity contribution >= 4 is 5.97 Å². The van der Waals surface area contributed by atoms with E-state index in [1.54, 1.807) is 0 Å². The maximum absolute atomic E-state index is 11.6. The van der Waals surface area contributed by atoms with Crippen LogP contribution in [0.3, 0.4) is 0 Å². The van der Waals surface area contributed by atoms with Gasteiger partial charge < -0.3 is 5.11 Å². The van der Waals surface area contributed by atoms with Crippen LogP contribution in [0, 0.1) is 0 Å². The number of hydrogen-bond donors (Lipinski definition) is 1. The zero-order chi connectivity index (χ0) is 13.9. The summed E-state index contributed by atoms with van der Waals surface area (Å²) in [6, 6.07) is 8.59. The molecule has 2 aliphatic rings. The number of rotatable bonds is 2. The van der Waals surface area contributed by atoms with Crippen LogP contribution in [0.5, 0.6) is 0 Å². The highest BCUT2D eigenvalue weighted by Crippen LogP contribution is 2.37. The van der Waals surface area contributed by atoms with Crippen molar-refractivity contribution < 1.29 is 9.90 Å². The second-order valence-corrected chi connectivity index (χ2v) is 6.05. The molecule has 0 radical (unpaired) electrons. The number of carbonyl (C=O) groups is 1. The van der Waals surface area contributed by atoms with Crippen LogP contribution in [0.25, 0.3) is 0 Å². The Kier molecular flexibility index (Phi) is 4.06. The SMILES string of the molecule is O=C(O)C1CCCCCN1C1CCCc2ccccc21. The lowest BCUT2D eigenvalue weighted by Gasteiger charge is -2.38. The largest absolute Gasteiger partial charge is 0.480 e. The molecule has 0 bridgehead atoms. The van der Waals surface area contributed by atoms with E-state index in [0.29, 0.717) is 6.04 Å². The van der Waals surface area contributed by atoms with E-state index in [0.717, 1.165) is 45.1 Å². The summed E-state index contributed by atoms with van der Waals surface area (Å²) >= 11 is 0. The molecule has 0 saturated carbocycles. The van der Waals surface area contributed by atoms with E-state index >= 15 is 0 Å². The molecule has 108 valence electrons. The number of carboxylic acid groups (broad SMARTS) is 1. The first-order chi connectivity index (χ1) is 9.77. The lowest BCUT2D eigenvalue weighted by Crippen LogP contribution is -2.44. The molecule has 1 aliphatic heterocycles. The summed E-state index contributed by atoms with van der Waals surface area (Å²) in [5, 5.41) is 9.57. The average Bonchev–Trinajstić information content (AvgIpc) is 2.72. The van der Waals surface area contributed by atoms with Crippen LogP contribution in [0.2, 0.25) is 0 Å². The Balaban J connectivity index is 1.92. The van der Waals surface area contributed by atoms with Crippen molar-refractivity contribution in [2.24, 2.45) is 0 Å². The van der Waals surface area contributed by atoms with Gasteiger partial charge in [0.25, 0.3) is 0 Å². The molecule has 3 rings (SSSR count). The molecule has 0 spiro atoms. The first-order valence-corrected chi connectivity index (χ1v) is 7.84. The molecule has 3 heteroatoms. The topological polar surface area (TPSA) is 40.5 Å². The molecule has 1 N–H and O–H groups in total. The summed E-state index contributed by atoms with van der Waals surface area (Å²) in [5.74, 6) is -0.644. The van der Waals surface area contributed by atoms with Crippen LogP contribution in [-0.2, 0) is 11.2 Å². The molecule has 2 atom stereocenters. The molecular weight excluding hydrogens is 250 g/mol. The van der Waals surface area contributed by atoms with E-state index in [1.807, 2.05) is 0 Å². The monoisotopic (exact) mass is 273 g/mol. The Morgan fingerprint density at radius 1 is 1.10 bits per heavy atom. The van der Waals surface area contributed by atoms with Gasteiger partial charge in [-0.15, -0.1) is 0 Å². The van der Waals surface area contributed by atoms with Gasteiger partial charge in [0.15, 0.2) is 0 Å². The predicted octanol–water partition coefficient (Wildman–Crippen LogP) is 3.39. The summed E-state index contributed by atoms with van der Waals surface area (Å²) in [6.07, 6.45) is 7.54. The van der Waals surface area contributed by atoms with Crippen molar-refractivity contribution in [3.05, 3.63) is 35.4 Å². The van der Waals surface area contributed by atoms with Crippen molar-refractivity contribution in [2.75, 3.05) is 6.54 Å². The quantitative estimate of drug-likeness (QED) is 0.898. The summed E-state index contributed by atoms with van der Waals surface area (Å²) in [6.45, 7) is 0.927. The third kappa shape index (κ3) is 2.59. The Morgan fingerprint density at radius 3 is 2.80 bits per heavy atom. The van der Waals surface area contributed by atoms with Crippen LogP contribution in [0.15, 0.2) is 24.3 Å². The second kappa shape index (κ2) is 5.96. The first kappa shape index (κ1) is 13.6. The number of nitrogens with zero attached hydrogens (tertiary/aromatic N) is 1. The molecule has 3 nitrogen and oxygen atoms in total. The molecule has 1 aliphatic carbocycles. The first-order valence-electron chi connectivity index (χ1n) is 7.84. The van der Waals surface area contributed by atoms with E-state index in [-0.39, 0.29) is 6.04 Å².